The van der Waals surface area contributed by atoms with Gasteiger partial charge in [-0.05, 0) is 13.8 Å². The Morgan fingerprint density at radius 1 is 1.29 bits per heavy atom. The Bertz CT molecular complexity index is 469. The van der Waals surface area contributed by atoms with Gasteiger partial charge < -0.3 is 10.6 Å². The van der Waals surface area contributed by atoms with Crippen molar-refractivity contribution in [2.75, 3.05) is 17.2 Å². The van der Waals surface area contributed by atoms with Crippen LogP contribution in [0, 0.1) is 6.92 Å². The molecule has 5 nitrogen and oxygen atoms in total. The summed E-state index contributed by atoms with van der Waals surface area (Å²) in [5, 5.41) is 6.39. The summed E-state index contributed by atoms with van der Waals surface area (Å²) in [7, 11) is 0. The molecule has 6 heteroatoms. The van der Waals surface area contributed by atoms with Gasteiger partial charge in [-0.1, -0.05) is 0 Å². The molecule has 2 N–H and O–H groups in total. The number of aryl methyl sites for hydroxylation is 1. The van der Waals surface area contributed by atoms with Crippen LogP contribution in [0.15, 0.2) is 17.9 Å². The van der Waals surface area contributed by atoms with E-state index in [4.69, 9.17) is 0 Å². The molecule has 2 rings (SSSR count). The summed E-state index contributed by atoms with van der Waals surface area (Å²) < 4.78 is 0. The minimum absolute atomic E-state index is 0.657. The number of aromatic nitrogens is 3. The van der Waals surface area contributed by atoms with Crippen molar-refractivity contribution in [2.45, 2.75) is 20.4 Å². The number of nitrogens with zero attached hydrogens (tertiary/aromatic N) is 3. The lowest BCUT2D eigenvalue weighted by Crippen LogP contribution is -2.07. The van der Waals surface area contributed by atoms with Crippen LogP contribution < -0.4 is 10.6 Å². The molecule has 0 aliphatic rings. The van der Waals surface area contributed by atoms with Gasteiger partial charge in [-0.25, -0.2) is 4.98 Å². The molecular formula is C11H15N5S. The van der Waals surface area contributed by atoms with Crippen LogP contribution in [-0.4, -0.2) is 21.5 Å². The van der Waals surface area contributed by atoms with Crippen molar-refractivity contribution in [1.29, 1.82) is 0 Å². The molecule has 0 saturated heterocycles. The Morgan fingerprint density at radius 3 is 2.88 bits per heavy atom. The van der Waals surface area contributed by atoms with E-state index < -0.39 is 0 Å². The lowest BCUT2D eigenvalue weighted by molar-refractivity contribution is 1.04. The Labute approximate surface area is 104 Å². The minimum Gasteiger partial charge on any atom is -0.365 e. The maximum absolute atomic E-state index is 4.41. The molecule has 17 heavy (non-hydrogen) atoms. The predicted molar refractivity (Wildman–Crippen MR) is 70.4 cm³/mol. The molecule has 0 radical (unpaired) electrons. The van der Waals surface area contributed by atoms with E-state index in [1.165, 1.54) is 4.88 Å². The Morgan fingerprint density at radius 2 is 2.18 bits per heavy atom. The molecule has 2 heterocycles. The van der Waals surface area contributed by atoms with Gasteiger partial charge in [0.1, 0.15) is 5.82 Å². The molecule has 0 aliphatic carbocycles. The molecular weight excluding hydrogens is 234 g/mol. The zero-order valence-electron chi connectivity index (χ0n) is 9.90. The molecule has 2 aromatic heterocycles. The third kappa shape index (κ3) is 3.13. The number of hydrogen-bond acceptors (Lipinski definition) is 6. The quantitative estimate of drug-likeness (QED) is 0.851. The molecule has 0 amide bonds. The number of hydrogen-bond donors (Lipinski definition) is 2. The molecule has 0 unspecified atom stereocenters. The highest BCUT2D eigenvalue weighted by Crippen LogP contribution is 2.14. The van der Waals surface area contributed by atoms with Crippen molar-refractivity contribution in [3.63, 3.8) is 0 Å². The van der Waals surface area contributed by atoms with Crippen molar-refractivity contribution in [2.24, 2.45) is 0 Å². The third-order valence-electron chi connectivity index (χ3n) is 2.22. The first-order chi connectivity index (χ1) is 8.29. The first-order valence-corrected chi connectivity index (χ1v) is 6.36. The van der Waals surface area contributed by atoms with E-state index in [1.807, 2.05) is 31.8 Å². The van der Waals surface area contributed by atoms with Gasteiger partial charge in [-0.2, -0.15) is 4.98 Å². The molecule has 2 aromatic rings. The summed E-state index contributed by atoms with van der Waals surface area (Å²) in [6.07, 6.45) is 3.68. The average Bonchev–Trinajstić information content (AvgIpc) is 2.83. The normalized spacial score (nSPS) is 10.2. The van der Waals surface area contributed by atoms with Crippen LogP contribution in [0.3, 0.4) is 0 Å². The van der Waals surface area contributed by atoms with E-state index in [1.54, 1.807) is 11.3 Å². The van der Waals surface area contributed by atoms with Gasteiger partial charge in [0.05, 0.1) is 12.1 Å². The average molecular weight is 249 g/mol. The number of anilines is 2. The van der Waals surface area contributed by atoms with Crippen LogP contribution in [0.4, 0.5) is 11.8 Å². The summed E-state index contributed by atoms with van der Waals surface area (Å²) in [5.74, 6) is 1.52. The Balaban J connectivity index is 2.06. The van der Waals surface area contributed by atoms with Crippen LogP contribution in [0.1, 0.15) is 17.4 Å². The van der Waals surface area contributed by atoms with Gasteiger partial charge in [0.2, 0.25) is 5.95 Å². The second-order valence-electron chi connectivity index (χ2n) is 3.58. The van der Waals surface area contributed by atoms with Gasteiger partial charge >= 0.3 is 0 Å². The molecule has 90 valence electrons. The molecule has 0 fully saturated rings. The zero-order valence-corrected chi connectivity index (χ0v) is 10.7. The van der Waals surface area contributed by atoms with Crippen molar-refractivity contribution < 1.29 is 0 Å². The zero-order chi connectivity index (χ0) is 12.1. The SMILES string of the molecule is CCNc1ncc(C)c(NCc2cncs2)n1. The van der Waals surface area contributed by atoms with Crippen LogP contribution >= 0.6 is 11.3 Å². The number of nitrogens with one attached hydrogen (secondary N) is 2. The van der Waals surface area contributed by atoms with Gasteiger partial charge in [-0.15, -0.1) is 11.3 Å². The van der Waals surface area contributed by atoms with Crippen LogP contribution in [0.5, 0.6) is 0 Å². The Hall–Kier alpha value is -1.69. The number of rotatable bonds is 5. The van der Waals surface area contributed by atoms with E-state index >= 15 is 0 Å². The molecule has 0 spiro atoms. The van der Waals surface area contributed by atoms with Crippen molar-refractivity contribution in [3.05, 3.63) is 28.3 Å². The highest BCUT2D eigenvalue weighted by molar-refractivity contribution is 7.09. The molecule has 0 bridgehead atoms. The van der Waals surface area contributed by atoms with Crippen molar-refractivity contribution in [3.8, 4) is 0 Å². The summed E-state index contributed by atoms with van der Waals surface area (Å²) >= 11 is 1.63. The predicted octanol–water partition coefficient (Wildman–Crippen LogP) is 2.29. The van der Waals surface area contributed by atoms with E-state index in [0.717, 1.165) is 24.5 Å². The first kappa shape index (κ1) is 11.8. The summed E-state index contributed by atoms with van der Waals surface area (Å²) in [6.45, 7) is 5.57. The fraction of sp³-hybridized carbons (Fsp3) is 0.364. The summed E-state index contributed by atoms with van der Waals surface area (Å²) in [6, 6.07) is 0. The van der Waals surface area contributed by atoms with Gasteiger partial charge in [0.25, 0.3) is 0 Å². The van der Waals surface area contributed by atoms with Gasteiger partial charge in [-0.3, -0.25) is 4.98 Å². The fourth-order valence-electron chi connectivity index (χ4n) is 1.36. The maximum Gasteiger partial charge on any atom is 0.224 e. The van der Waals surface area contributed by atoms with E-state index in [2.05, 4.69) is 25.6 Å². The van der Waals surface area contributed by atoms with Crippen LogP contribution in [-0.2, 0) is 6.54 Å². The van der Waals surface area contributed by atoms with Crippen molar-refractivity contribution >= 4 is 23.1 Å². The summed E-state index contributed by atoms with van der Waals surface area (Å²) in [5.41, 5.74) is 2.87. The minimum atomic E-state index is 0.657. The third-order valence-corrected chi connectivity index (χ3v) is 3.00. The van der Waals surface area contributed by atoms with Gasteiger partial charge in [0, 0.05) is 29.4 Å². The fourth-order valence-corrected chi connectivity index (χ4v) is 1.90. The second-order valence-corrected chi connectivity index (χ2v) is 4.55. The van der Waals surface area contributed by atoms with Crippen LogP contribution in [0.2, 0.25) is 0 Å². The smallest absolute Gasteiger partial charge is 0.224 e. The van der Waals surface area contributed by atoms with Gasteiger partial charge in [0.15, 0.2) is 0 Å². The first-order valence-electron chi connectivity index (χ1n) is 5.48. The summed E-state index contributed by atoms with van der Waals surface area (Å²) in [4.78, 5) is 13.8. The van der Waals surface area contributed by atoms with Crippen LogP contribution in [0.25, 0.3) is 0 Å². The largest absolute Gasteiger partial charge is 0.365 e. The van der Waals surface area contributed by atoms with E-state index in [0.29, 0.717) is 5.95 Å². The Kier molecular flexibility index (Phi) is 3.87. The van der Waals surface area contributed by atoms with E-state index in [-0.39, 0.29) is 0 Å². The standard InChI is InChI=1S/C11H15N5S/c1-3-13-11-15-4-8(2)10(16-11)14-6-9-5-12-7-17-9/h4-5,7H,3,6H2,1-2H3,(H2,13,14,15,16). The maximum atomic E-state index is 4.41. The topological polar surface area (TPSA) is 62.7 Å². The second kappa shape index (κ2) is 5.58. The molecule has 0 aliphatic heterocycles. The molecule has 0 aromatic carbocycles. The highest BCUT2D eigenvalue weighted by atomic mass is 32.1. The lowest BCUT2D eigenvalue weighted by Gasteiger charge is -2.09. The number of thiazole rings is 1. The molecule has 0 atom stereocenters. The lowest BCUT2D eigenvalue weighted by atomic mass is 10.3. The monoisotopic (exact) mass is 249 g/mol. The van der Waals surface area contributed by atoms with Crippen molar-refractivity contribution in [1.82, 2.24) is 15.0 Å². The highest BCUT2D eigenvalue weighted by Gasteiger charge is 2.03. The van der Waals surface area contributed by atoms with E-state index in [9.17, 15) is 0 Å². The molecule has 0 saturated carbocycles.